The molecule has 30 heavy (non-hydrogen) atoms. The van der Waals surface area contributed by atoms with E-state index < -0.39 is 11.6 Å². The van der Waals surface area contributed by atoms with Crippen LogP contribution < -0.4 is 10.5 Å². The van der Waals surface area contributed by atoms with Gasteiger partial charge in [0.2, 0.25) is 11.6 Å². The molecule has 1 aromatic rings. The molecule has 2 spiro atoms. The Morgan fingerprint density at radius 3 is 2.13 bits per heavy atom. The maximum Gasteiger partial charge on any atom is 0.210 e. The highest BCUT2D eigenvalue weighted by atomic mass is 35.5. The van der Waals surface area contributed by atoms with Gasteiger partial charge in [-0.3, -0.25) is 0 Å². The van der Waals surface area contributed by atoms with Gasteiger partial charge in [-0.25, -0.2) is 0 Å². The van der Waals surface area contributed by atoms with Crippen molar-refractivity contribution in [3.8, 4) is 5.75 Å². The molecule has 6 aliphatic rings. The Kier molecular flexibility index (Phi) is 5.56. The molecule has 4 bridgehead atoms. The van der Waals surface area contributed by atoms with E-state index in [-0.39, 0.29) is 12.4 Å². The zero-order valence-electron chi connectivity index (χ0n) is 17.6. The summed E-state index contributed by atoms with van der Waals surface area (Å²) < 4.78 is 12.4. The van der Waals surface area contributed by atoms with E-state index in [1.165, 1.54) is 37.7 Å². The fraction of sp³-hybridized carbons (Fsp3) is 0.750. The van der Waals surface area contributed by atoms with E-state index in [1.807, 2.05) is 0 Å². The Hall–Kier alpha value is -0.850. The van der Waals surface area contributed by atoms with Gasteiger partial charge in [0.15, 0.2) is 0 Å². The third kappa shape index (κ3) is 3.38. The summed E-state index contributed by atoms with van der Waals surface area (Å²) in [7, 11) is 0. The van der Waals surface area contributed by atoms with Crippen LogP contribution in [0, 0.1) is 23.7 Å². The SMILES string of the molecule is Cl.NCCOc1ccc(C2CCC3(CC2)OOC2(O3)C3CC4CC(C3)CC2C4)cc1. The molecule has 1 aliphatic heterocycles. The predicted octanol–water partition coefficient (Wildman–Crippen LogP) is 4.93. The van der Waals surface area contributed by atoms with E-state index >= 15 is 0 Å². The minimum Gasteiger partial charge on any atom is -0.492 e. The number of ether oxygens (including phenoxy) is 2. The largest absolute Gasteiger partial charge is 0.492 e. The number of halogens is 1. The molecule has 5 nitrogen and oxygen atoms in total. The van der Waals surface area contributed by atoms with Gasteiger partial charge in [-0.05, 0) is 80.4 Å². The Bertz CT molecular complexity index is 718. The summed E-state index contributed by atoms with van der Waals surface area (Å²) in [6.07, 6.45) is 10.5. The summed E-state index contributed by atoms with van der Waals surface area (Å²) in [5.74, 6) is 3.36. The maximum absolute atomic E-state index is 6.83. The molecule has 1 heterocycles. The standard InChI is InChI=1S/C24H33NO4.ClH/c25-9-10-26-22-3-1-18(2-4-22)19-5-7-23(8-6-19)27-24(29-28-23)20-12-16-11-17(14-20)15-21(24)13-16;/h1-4,16-17,19-21H,5-15,25H2;1H. The highest BCUT2D eigenvalue weighted by Crippen LogP contribution is 2.64. The lowest BCUT2D eigenvalue weighted by Gasteiger charge is -2.57. The van der Waals surface area contributed by atoms with E-state index in [4.69, 9.17) is 25.0 Å². The van der Waals surface area contributed by atoms with Crippen molar-refractivity contribution in [2.24, 2.45) is 29.4 Å². The molecule has 7 rings (SSSR count). The number of benzene rings is 1. The van der Waals surface area contributed by atoms with Crippen LogP contribution in [0.3, 0.4) is 0 Å². The topological polar surface area (TPSA) is 62.9 Å². The van der Waals surface area contributed by atoms with Crippen molar-refractivity contribution in [3.63, 3.8) is 0 Å². The fourth-order valence-electron chi connectivity index (χ4n) is 7.20. The lowest BCUT2D eigenvalue weighted by atomic mass is 9.53. The summed E-state index contributed by atoms with van der Waals surface area (Å²) in [4.78, 5) is 12.2. The molecule has 1 aromatic carbocycles. The van der Waals surface area contributed by atoms with Gasteiger partial charge < -0.3 is 15.2 Å². The van der Waals surface area contributed by atoms with Crippen LogP contribution in [0.15, 0.2) is 24.3 Å². The van der Waals surface area contributed by atoms with E-state index in [0.29, 0.717) is 30.9 Å². The smallest absolute Gasteiger partial charge is 0.210 e. The summed E-state index contributed by atoms with van der Waals surface area (Å²) in [5.41, 5.74) is 6.89. The highest BCUT2D eigenvalue weighted by Gasteiger charge is 2.66. The molecule has 0 atom stereocenters. The van der Waals surface area contributed by atoms with Crippen LogP contribution in [0.4, 0.5) is 0 Å². The lowest BCUT2D eigenvalue weighted by Crippen LogP contribution is -2.59. The summed E-state index contributed by atoms with van der Waals surface area (Å²) in [6, 6.07) is 8.51. The molecule has 0 amide bonds. The summed E-state index contributed by atoms with van der Waals surface area (Å²) >= 11 is 0. The van der Waals surface area contributed by atoms with Crippen LogP contribution in [-0.2, 0) is 14.5 Å². The van der Waals surface area contributed by atoms with Crippen LogP contribution in [0.5, 0.6) is 5.75 Å². The zero-order valence-corrected chi connectivity index (χ0v) is 18.4. The Morgan fingerprint density at radius 2 is 1.53 bits per heavy atom. The second kappa shape index (κ2) is 7.93. The van der Waals surface area contributed by atoms with Gasteiger partial charge in [0.05, 0.1) is 0 Å². The van der Waals surface area contributed by atoms with Crippen molar-refractivity contribution >= 4 is 12.4 Å². The Labute approximate surface area is 185 Å². The average molecular weight is 436 g/mol. The molecular weight excluding hydrogens is 402 g/mol. The fourth-order valence-corrected chi connectivity index (χ4v) is 7.20. The third-order valence-corrected chi connectivity index (χ3v) is 8.43. The van der Waals surface area contributed by atoms with Crippen LogP contribution in [-0.4, -0.2) is 24.7 Å². The van der Waals surface area contributed by atoms with E-state index in [9.17, 15) is 0 Å². The minimum atomic E-state index is -0.518. The van der Waals surface area contributed by atoms with Crippen molar-refractivity contribution in [1.82, 2.24) is 0 Å². The normalized spacial score (nSPS) is 43.8. The molecule has 2 N–H and O–H groups in total. The van der Waals surface area contributed by atoms with E-state index in [0.717, 1.165) is 43.3 Å². The van der Waals surface area contributed by atoms with Gasteiger partial charge in [0, 0.05) is 31.2 Å². The van der Waals surface area contributed by atoms with Gasteiger partial charge in [-0.2, -0.15) is 9.78 Å². The van der Waals surface area contributed by atoms with Crippen molar-refractivity contribution in [2.45, 2.75) is 75.3 Å². The van der Waals surface area contributed by atoms with Crippen LogP contribution in [0.2, 0.25) is 0 Å². The van der Waals surface area contributed by atoms with Crippen LogP contribution >= 0.6 is 12.4 Å². The molecule has 6 heteroatoms. The molecular formula is C24H34ClNO4. The van der Waals surface area contributed by atoms with Crippen molar-refractivity contribution in [3.05, 3.63) is 29.8 Å². The van der Waals surface area contributed by atoms with Crippen LogP contribution in [0.1, 0.15) is 69.3 Å². The summed E-state index contributed by atoms with van der Waals surface area (Å²) in [6.45, 7) is 1.10. The molecule has 5 aliphatic carbocycles. The second-order valence-corrected chi connectivity index (χ2v) is 10.2. The van der Waals surface area contributed by atoms with E-state index in [1.54, 1.807) is 0 Å². The first-order valence-corrected chi connectivity index (χ1v) is 11.7. The molecule has 5 saturated carbocycles. The molecule has 0 aromatic heterocycles. The number of nitrogens with two attached hydrogens (primary N) is 1. The van der Waals surface area contributed by atoms with E-state index in [2.05, 4.69) is 24.3 Å². The van der Waals surface area contributed by atoms with Crippen molar-refractivity contribution < 1.29 is 19.2 Å². The van der Waals surface area contributed by atoms with Crippen molar-refractivity contribution in [2.75, 3.05) is 13.2 Å². The number of rotatable bonds is 4. The zero-order chi connectivity index (χ0) is 19.5. The van der Waals surface area contributed by atoms with Gasteiger partial charge in [0.25, 0.3) is 0 Å². The van der Waals surface area contributed by atoms with Gasteiger partial charge in [-0.1, -0.05) is 12.1 Å². The number of hydrogen-bond donors (Lipinski definition) is 1. The maximum atomic E-state index is 6.83. The molecule has 1 saturated heterocycles. The van der Waals surface area contributed by atoms with Crippen molar-refractivity contribution in [1.29, 1.82) is 0 Å². The first kappa shape index (κ1) is 21.0. The first-order chi connectivity index (χ1) is 14.2. The monoisotopic (exact) mass is 435 g/mol. The lowest BCUT2D eigenvalue weighted by molar-refractivity contribution is -0.390. The van der Waals surface area contributed by atoms with Gasteiger partial charge in [0.1, 0.15) is 12.4 Å². The third-order valence-electron chi connectivity index (χ3n) is 8.43. The quantitative estimate of drug-likeness (QED) is 0.679. The van der Waals surface area contributed by atoms with Crippen LogP contribution in [0.25, 0.3) is 0 Å². The van der Waals surface area contributed by atoms with Gasteiger partial charge in [-0.15, -0.1) is 12.4 Å². The Morgan fingerprint density at radius 1 is 0.900 bits per heavy atom. The number of hydrogen-bond acceptors (Lipinski definition) is 5. The molecule has 6 fully saturated rings. The average Bonchev–Trinajstić information content (AvgIpc) is 3.11. The predicted molar refractivity (Wildman–Crippen MR) is 115 cm³/mol. The molecule has 166 valence electrons. The first-order valence-electron chi connectivity index (χ1n) is 11.7. The molecule has 0 radical (unpaired) electrons. The molecule has 0 unspecified atom stereocenters. The summed E-state index contributed by atoms with van der Waals surface area (Å²) in [5, 5.41) is 0. The minimum absolute atomic E-state index is 0. The second-order valence-electron chi connectivity index (χ2n) is 10.2. The Balaban J connectivity index is 0.00000193. The highest BCUT2D eigenvalue weighted by molar-refractivity contribution is 5.85. The van der Waals surface area contributed by atoms with Gasteiger partial charge >= 0.3 is 0 Å².